The number of nitrogens with zero attached hydrogens (tertiary/aromatic N) is 3. The SMILES string of the molecule is CN(C)c1ccc(-c2ccccc2N=[N+]([O-])c2ccccc2)cc1. The molecular formula is C20H19N3O. The van der Waals surface area contributed by atoms with Gasteiger partial charge in [-0.3, -0.25) is 0 Å². The van der Waals surface area contributed by atoms with Crippen LogP contribution in [0.3, 0.4) is 0 Å². The van der Waals surface area contributed by atoms with E-state index < -0.39 is 0 Å². The lowest BCUT2D eigenvalue weighted by Gasteiger charge is -2.13. The van der Waals surface area contributed by atoms with Crippen LogP contribution >= 0.6 is 0 Å². The molecule has 24 heavy (non-hydrogen) atoms. The smallest absolute Gasteiger partial charge is 0.244 e. The number of benzene rings is 3. The van der Waals surface area contributed by atoms with E-state index in [9.17, 15) is 5.21 Å². The van der Waals surface area contributed by atoms with Gasteiger partial charge in [0.1, 0.15) is 5.69 Å². The molecule has 0 N–H and O–H groups in total. The van der Waals surface area contributed by atoms with Gasteiger partial charge in [-0.25, -0.2) is 0 Å². The molecule has 0 unspecified atom stereocenters. The molecule has 0 amide bonds. The summed E-state index contributed by atoms with van der Waals surface area (Å²) in [4.78, 5) is 2.71. The Balaban J connectivity index is 1.99. The van der Waals surface area contributed by atoms with Crippen molar-refractivity contribution in [2.75, 3.05) is 19.0 Å². The lowest BCUT2D eigenvalue weighted by atomic mass is 10.0. The second-order valence-corrected chi connectivity index (χ2v) is 5.67. The summed E-state index contributed by atoms with van der Waals surface area (Å²) in [5.74, 6) is 0. The van der Waals surface area contributed by atoms with Crippen molar-refractivity contribution < 1.29 is 4.86 Å². The normalized spacial score (nSPS) is 11.3. The fourth-order valence-corrected chi connectivity index (χ4v) is 2.46. The summed E-state index contributed by atoms with van der Waals surface area (Å²) in [6.45, 7) is 0. The van der Waals surface area contributed by atoms with E-state index in [1.807, 2.05) is 68.7 Å². The number of para-hydroxylation sites is 1. The van der Waals surface area contributed by atoms with E-state index in [0.29, 0.717) is 16.2 Å². The van der Waals surface area contributed by atoms with Crippen molar-refractivity contribution in [3.8, 4) is 11.1 Å². The van der Waals surface area contributed by atoms with Crippen LogP contribution in [-0.4, -0.2) is 19.0 Å². The molecule has 0 aliphatic rings. The van der Waals surface area contributed by atoms with Crippen molar-refractivity contribution in [1.29, 1.82) is 0 Å². The maximum absolute atomic E-state index is 12.3. The van der Waals surface area contributed by atoms with Gasteiger partial charge in [0.05, 0.1) is 0 Å². The highest BCUT2D eigenvalue weighted by Gasteiger charge is 2.09. The van der Waals surface area contributed by atoms with Crippen LogP contribution in [-0.2, 0) is 0 Å². The Bertz CT molecular complexity index is 840. The number of hydrogen-bond donors (Lipinski definition) is 0. The molecule has 0 radical (unpaired) electrons. The molecule has 0 aromatic heterocycles. The molecule has 3 rings (SSSR count). The summed E-state index contributed by atoms with van der Waals surface area (Å²) in [7, 11) is 4.01. The predicted octanol–water partition coefficient (Wildman–Crippen LogP) is 5.35. The van der Waals surface area contributed by atoms with E-state index in [0.717, 1.165) is 16.8 Å². The molecule has 0 saturated heterocycles. The van der Waals surface area contributed by atoms with Crippen molar-refractivity contribution in [1.82, 2.24) is 0 Å². The third-order valence-corrected chi connectivity index (χ3v) is 3.77. The zero-order valence-corrected chi connectivity index (χ0v) is 13.8. The van der Waals surface area contributed by atoms with Gasteiger partial charge in [0, 0.05) is 42.6 Å². The average molecular weight is 317 g/mol. The first kappa shape index (κ1) is 15.7. The summed E-state index contributed by atoms with van der Waals surface area (Å²) >= 11 is 0. The van der Waals surface area contributed by atoms with Gasteiger partial charge in [-0.15, -0.1) is 0 Å². The molecule has 0 spiro atoms. The number of rotatable bonds is 4. The van der Waals surface area contributed by atoms with Crippen molar-refractivity contribution in [2.45, 2.75) is 0 Å². The molecular weight excluding hydrogens is 298 g/mol. The van der Waals surface area contributed by atoms with Crippen molar-refractivity contribution in [3.63, 3.8) is 0 Å². The van der Waals surface area contributed by atoms with Crippen LogP contribution in [0.4, 0.5) is 17.1 Å². The van der Waals surface area contributed by atoms with Crippen LogP contribution in [0.5, 0.6) is 0 Å². The first-order valence-corrected chi connectivity index (χ1v) is 7.76. The largest absolute Gasteiger partial charge is 0.594 e. The second kappa shape index (κ2) is 6.96. The molecule has 3 aromatic rings. The maximum atomic E-state index is 12.3. The van der Waals surface area contributed by atoms with E-state index in [1.165, 1.54) is 0 Å². The molecule has 3 aromatic carbocycles. The van der Waals surface area contributed by atoms with Crippen LogP contribution in [0.1, 0.15) is 0 Å². The van der Waals surface area contributed by atoms with E-state index in [-0.39, 0.29) is 0 Å². The molecule has 0 heterocycles. The minimum absolute atomic E-state index is 0.509. The molecule has 0 aliphatic carbocycles. The van der Waals surface area contributed by atoms with Gasteiger partial charge >= 0.3 is 0 Å². The Kier molecular flexibility index (Phi) is 4.57. The topological polar surface area (TPSA) is 41.7 Å². The summed E-state index contributed by atoms with van der Waals surface area (Å²) in [6.07, 6.45) is 0. The highest BCUT2D eigenvalue weighted by Crippen LogP contribution is 2.32. The monoisotopic (exact) mass is 317 g/mol. The van der Waals surface area contributed by atoms with E-state index in [1.54, 1.807) is 12.1 Å². The van der Waals surface area contributed by atoms with Crippen molar-refractivity contribution >= 4 is 17.1 Å². The third-order valence-electron chi connectivity index (χ3n) is 3.77. The summed E-state index contributed by atoms with van der Waals surface area (Å²) in [6, 6.07) is 24.8. The fraction of sp³-hybridized carbons (Fsp3) is 0.100. The van der Waals surface area contributed by atoms with Gasteiger partial charge < -0.3 is 10.1 Å². The van der Waals surface area contributed by atoms with Crippen LogP contribution < -0.4 is 4.90 Å². The Hall–Kier alpha value is -3.14. The molecule has 0 atom stereocenters. The van der Waals surface area contributed by atoms with E-state index in [2.05, 4.69) is 22.1 Å². The molecule has 0 aliphatic heterocycles. The minimum atomic E-state index is 0.509. The first-order valence-electron chi connectivity index (χ1n) is 7.76. The summed E-state index contributed by atoms with van der Waals surface area (Å²) in [5, 5.41) is 16.5. The molecule has 0 bridgehead atoms. The Morgan fingerprint density at radius 1 is 0.792 bits per heavy atom. The standard InChI is InChI=1S/C20H19N3O/c1-22(2)17-14-12-16(13-15-17)19-10-6-7-11-20(19)21-23(24)18-8-4-3-5-9-18/h3-15H,1-2H3. The van der Waals surface area contributed by atoms with Gasteiger partial charge in [-0.05, 0) is 23.8 Å². The van der Waals surface area contributed by atoms with Crippen LogP contribution in [0.15, 0.2) is 84.0 Å². The minimum Gasteiger partial charge on any atom is -0.594 e. The molecule has 0 saturated carbocycles. The molecule has 4 nitrogen and oxygen atoms in total. The predicted molar refractivity (Wildman–Crippen MR) is 98.0 cm³/mol. The number of hydrogen-bond acceptors (Lipinski definition) is 3. The van der Waals surface area contributed by atoms with Gasteiger partial charge in [0.2, 0.25) is 5.69 Å². The van der Waals surface area contributed by atoms with Gasteiger partial charge in [-0.2, -0.15) is 0 Å². The number of anilines is 1. The molecule has 120 valence electrons. The van der Waals surface area contributed by atoms with Crippen LogP contribution in [0.25, 0.3) is 11.1 Å². The highest BCUT2D eigenvalue weighted by molar-refractivity contribution is 5.76. The van der Waals surface area contributed by atoms with Gasteiger partial charge in [0.15, 0.2) is 0 Å². The third kappa shape index (κ3) is 3.43. The van der Waals surface area contributed by atoms with Crippen LogP contribution in [0.2, 0.25) is 0 Å². The lowest BCUT2D eigenvalue weighted by Crippen LogP contribution is -2.07. The molecule has 0 fully saturated rings. The van der Waals surface area contributed by atoms with Crippen molar-refractivity contribution in [3.05, 3.63) is 84.1 Å². The Labute approximate surface area is 141 Å². The average Bonchev–Trinajstić information content (AvgIpc) is 2.63. The Morgan fingerprint density at radius 3 is 2.08 bits per heavy atom. The Morgan fingerprint density at radius 2 is 1.42 bits per heavy atom. The maximum Gasteiger partial charge on any atom is 0.244 e. The number of azo groups is 1. The highest BCUT2D eigenvalue weighted by atomic mass is 16.5. The van der Waals surface area contributed by atoms with Gasteiger partial charge in [-0.1, -0.05) is 53.4 Å². The lowest BCUT2D eigenvalue weighted by molar-refractivity contribution is -0.435. The second-order valence-electron chi connectivity index (χ2n) is 5.67. The summed E-state index contributed by atoms with van der Waals surface area (Å²) in [5.41, 5.74) is 4.24. The zero-order valence-electron chi connectivity index (χ0n) is 13.8. The summed E-state index contributed by atoms with van der Waals surface area (Å²) < 4.78 is 0. The quantitative estimate of drug-likeness (QED) is 0.370. The van der Waals surface area contributed by atoms with E-state index in [4.69, 9.17) is 0 Å². The van der Waals surface area contributed by atoms with Gasteiger partial charge in [0.25, 0.3) is 0 Å². The van der Waals surface area contributed by atoms with Crippen LogP contribution in [0, 0.1) is 5.21 Å². The first-order chi connectivity index (χ1) is 11.6. The fourth-order valence-electron chi connectivity index (χ4n) is 2.46. The van der Waals surface area contributed by atoms with E-state index >= 15 is 0 Å². The zero-order chi connectivity index (χ0) is 16.9. The van der Waals surface area contributed by atoms with Crippen molar-refractivity contribution in [2.24, 2.45) is 5.11 Å². The molecule has 4 heteroatoms.